The Balaban J connectivity index is 2.73. The largest absolute Gasteiger partial charge is 0.261 e. The van der Waals surface area contributed by atoms with Crippen molar-refractivity contribution in [1.29, 1.82) is 0 Å². The molecule has 58 valence electrons. The number of allylic oxidation sites excluding steroid dienone is 1. The zero-order chi connectivity index (χ0) is 8.10. The van der Waals surface area contributed by atoms with Crippen molar-refractivity contribution >= 4 is 6.08 Å². The highest BCUT2D eigenvalue weighted by Gasteiger charge is 1.85. The molecule has 11 heavy (non-hydrogen) atoms. The Bertz CT molecular complexity index is 234. The highest BCUT2D eigenvalue weighted by molar-refractivity contribution is 5.47. The lowest BCUT2D eigenvalue weighted by Gasteiger charge is -1.92. The maximum atomic E-state index is 4.18. The minimum absolute atomic E-state index is 1.07. The molecule has 1 nitrogen and oxygen atoms in total. The molecule has 0 unspecified atom stereocenters. The van der Waals surface area contributed by atoms with Gasteiger partial charge in [-0.15, -0.1) is 0 Å². The number of hydrogen-bond acceptors (Lipinski definition) is 1. The van der Waals surface area contributed by atoms with Gasteiger partial charge in [-0.1, -0.05) is 25.1 Å². The van der Waals surface area contributed by atoms with Gasteiger partial charge >= 0.3 is 0 Å². The van der Waals surface area contributed by atoms with Gasteiger partial charge in [-0.2, -0.15) is 0 Å². The summed E-state index contributed by atoms with van der Waals surface area (Å²) in [5.74, 6) is 0. The molecule has 0 amide bonds. The molecular formula is C10H13N. The second-order valence-corrected chi connectivity index (χ2v) is 2.54. The van der Waals surface area contributed by atoms with Crippen molar-refractivity contribution in [2.24, 2.45) is 0 Å². The Morgan fingerprint density at radius 1 is 1.45 bits per heavy atom. The molecule has 1 aromatic rings. The molecule has 0 aromatic carbocycles. The number of aromatic nitrogens is 1. The van der Waals surface area contributed by atoms with Crippen molar-refractivity contribution in [3.05, 3.63) is 35.7 Å². The van der Waals surface area contributed by atoms with Crippen LogP contribution in [-0.2, 0) is 0 Å². The molecule has 0 saturated carbocycles. The summed E-state index contributed by atoms with van der Waals surface area (Å²) in [6.45, 7) is 4.12. The van der Waals surface area contributed by atoms with E-state index >= 15 is 0 Å². The van der Waals surface area contributed by atoms with Crippen LogP contribution in [0.25, 0.3) is 6.08 Å². The zero-order valence-corrected chi connectivity index (χ0v) is 7.04. The van der Waals surface area contributed by atoms with E-state index in [2.05, 4.69) is 30.1 Å². The first-order chi connectivity index (χ1) is 5.33. The predicted molar refractivity (Wildman–Crippen MR) is 48.3 cm³/mol. The molecule has 0 saturated heterocycles. The van der Waals surface area contributed by atoms with E-state index in [1.165, 1.54) is 5.56 Å². The van der Waals surface area contributed by atoms with Crippen LogP contribution in [-0.4, -0.2) is 4.98 Å². The average Bonchev–Trinajstić information content (AvgIpc) is 2.04. The van der Waals surface area contributed by atoms with Gasteiger partial charge in [0.1, 0.15) is 0 Å². The molecule has 1 rings (SSSR count). The summed E-state index contributed by atoms with van der Waals surface area (Å²) in [6, 6.07) is 4.10. The number of hydrogen-bond donors (Lipinski definition) is 0. The Morgan fingerprint density at radius 3 is 2.82 bits per heavy atom. The van der Waals surface area contributed by atoms with Crippen molar-refractivity contribution in [2.75, 3.05) is 0 Å². The maximum absolute atomic E-state index is 4.18. The molecule has 0 aliphatic heterocycles. The summed E-state index contributed by atoms with van der Waals surface area (Å²) in [5, 5.41) is 0. The summed E-state index contributed by atoms with van der Waals surface area (Å²) in [5.41, 5.74) is 2.25. The molecule has 0 atom stereocenters. The van der Waals surface area contributed by atoms with Gasteiger partial charge in [0.25, 0.3) is 0 Å². The Morgan fingerprint density at radius 2 is 2.27 bits per heavy atom. The van der Waals surface area contributed by atoms with Crippen LogP contribution in [0.1, 0.15) is 24.6 Å². The second-order valence-electron chi connectivity index (χ2n) is 2.54. The quantitative estimate of drug-likeness (QED) is 0.626. The smallest absolute Gasteiger partial charge is 0.0373 e. The first kappa shape index (κ1) is 7.99. The summed E-state index contributed by atoms with van der Waals surface area (Å²) >= 11 is 0. The number of pyridine rings is 1. The van der Waals surface area contributed by atoms with Crippen LogP contribution in [0.15, 0.2) is 24.4 Å². The molecule has 0 aliphatic rings. The van der Waals surface area contributed by atoms with Crippen LogP contribution in [0.5, 0.6) is 0 Å². The maximum Gasteiger partial charge on any atom is 0.0373 e. The van der Waals surface area contributed by atoms with Crippen molar-refractivity contribution in [3.8, 4) is 0 Å². The summed E-state index contributed by atoms with van der Waals surface area (Å²) in [4.78, 5) is 4.18. The molecule has 1 heterocycles. The highest BCUT2D eigenvalue weighted by Crippen LogP contribution is 2.01. The lowest BCUT2D eigenvalue weighted by Crippen LogP contribution is -1.79. The predicted octanol–water partition coefficient (Wildman–Crippen LogP) is 2.81. The molecular weight excluding hydrogens is 134 g/mol. The van der Waals surface area contributed by atoms with Crippen LogP contribution >= 0.6 is 0 Å². The summed E-state index contributed by atoms with van der Waals surface area (Å²) in [7, 11) is 0. The van der Waals surface area contributed by atoms with Crippen LogP contribution in [0.2, 0.25) is 0 Å². The molecule has 0 aliphatic carbocycles. The Kier molecular flexibility index (Phi) is 2.84. The van der Waals surface area contributed by atoms with Gasteiger partial charge < -0.3 is 0 Å². The molecule has 0 radical (unpaired) electrons. The van der Waals surface area contributed by atoms with Gasteiger partial charge in [0.15, 0.2) is 0 Å². The van der Waals surface area contributed by atoms with E-state index in [4.69, 9.17) is 0 Å². The second kappa shape index (κ2) is 3.91. The Labute approximate surface area is 67.8 Å². The average molecular weight is 147 g/mol. The van der Waals surface area contributed by atoms with E-state index in [0.717, 1.165) is 12.1 Å². The fraction of sp³-hybridized carbons (Fsp3) is 0.300. The van der Waals surface area contributed by atoms with Gasteiger partial charge in [0.2, 0.25) is 0 Å². The first-order valence-electron chi connectivity index (χ1n) is 3.92. The molecule has 0 spiro atoms. The highest BCUT2D eigenvalue weighted by atomic mass is 14.6. The first-order valence-corrected chi connectivity index (χ1v) is 3.92. The SMILES string of the molecule is CC/C=C/c1ccc(C)nc1. The van der Waals surface area contributed by atoms with Crippen molar-refractivity contribution in [3.63, 3.8) is 0 Å². The fourth-order valence-corrected chi connectivity index (χ4v) is 0.832. The van der Waals surface area contributed by atoms with E-state index < -0.39 is 0 Å². The standard InChI is InChI=1S/C10H13N/c1-3-4-5-10-7-6-9(2)11-8-10/h4-8H,3H2,1-2H3/b5-4+. The molecule has 0 fully saturated rings. The van der Waals surface area contributed by atoms with Gasteiger partial charge in [0, 0.05) is 11.9 Å². The minimum Gasteiger partial charge on any atom is -0.261 e. The van der Waals surface area contributed by atoms with E-state index in [0.29, 0.717) is 0 Å². The molecule has 0 N–H and O–H groups in total. The van der Waals surface area contributed by atoms with Gasteiger partial charge in [-0.25, -0.2) is 0 Å². The lowest BCUT2D eigenvalue weighted by molar-refractivity contribution is 1.19. The summed E-state index contributed by atoms with van der Waals surface area (Å²) < 4.78 is 0. The number of nitrogens with zero attached hydrogens (tertiary/aromatic N) is 1. The number of aryl methyl sites for hydroxylation is 1. The molecule has 1 heteroatoms. The van der Waals surface area contributed by atoms with E-state index in [1.807, 2.05) is 19.2 Å². The monoisotopic (exact) mass is 147 g/mol. The van der Waals surface area contributed by atoms with E-state index in [9.17, 15) is 0 Å². The van der Waals surface area contributed by atoms with Gasteiger partial charge in [-0.3, -0.25) is 4.98 Å². The summed E-state index contributed by atoms with van der Waals surface area (Å²) in [6.07, 6.45) is 7.19. The third-order valence-electron chi connectivity index (χ3n) is 1.48. The van der Waals surface area contributed by atoms with Crippen LogP contribution in [0.4, 0.5) is 0 Å². The van der Waals surface area contributed by atoms with Crippen LogP contribution in [0.3, 0.4) is 0 Å². The van der Waals surface area contributed by atoms with Gasteiger partial charge in [0.05, 0.1) is 0 Å². The number of rotatable bonds is 2. The van der Waals surface area contributed by atoms with E-state index in [1.54, 1.807) is 0 Å². The van der Waals surface area contributed by atoms with Crippen molar-refractivity contribution in [1.82, 2.24) is 4.98 Å². The normalized spacial score (nSPS) is 10.7. The molecule has 0 bridgehead atoms. The van der Waals surface area contributed by atoms with Crippen molar-refractivity contribution in [2.45, 2.75) is 20.3 Å². The molecule has 1 aromatic heterocycles. The fourth-order valence-electron chi connectivity index (χ4n) is 0.832. The third-order valence-corrected chi connectivity index (χ3v) is 1.48. The van der Waals surface area contributed by atoms with Crippen LogP contribution < -0.4 is 0 Å². The third kappa shape index (κ3) is 2.54. The topological polar surface area (TPSA) is 12.9 Å². The van der Waals surface area contributed by atoms with Gasteiger partial charge in [-0.05, 0) is 25.0 Å². The van der Waals surface area contributed by atoms with E-state index in [-0.39, 0.29) is 0 Å². The van der Waals surface area contributed by atoms with Crippen molar-refractivity contribution < 1.29 is 0 Å². The minimum atomic E-state index is 1.07. The van der Waals surface area contributed by atoms with Crippen LogP contribution in [0, 0.1) is 6.92 Å². The zero-order valence-electron chi connectivity index (χ0n) is 7.04. The Hall–Kier alpha value is -1.11. The lowest BCUT2D eigenvalue weighted by atomic mass is 10.2.